The summed E-state index contributed by atoms with van der Waals surface area (Å²) in [6.07, 6.45) is 13.9. The Morgan fingerprint density at radius 1 is 1.08 bits per heavy atom. The van der Waals surface area contributed by atoms with E-state index in [1.54, 1.807) is 0 Å². The molecule has 0 unspecified atom stereocenters. The zero-order valence-electron chi connectivity index (χ0n) is 15.0. The number of aliphatic imine (C=N–C) groups is 1. The van der Waals surface area contributed by atoms with Crippen LogP contribution in [0.15, 0.2) is 31.1 Å². The van der Waals surface area contributed by atoms with Crippen LogP contribution in [0.1, 0.15) is 70.0 Å². The molecule has 2 heterocycles. The SMILES string of the molecule is O=C1C(=Cc2ccc(Br)o2)SC(=NC2CCCCC2)N1C1CCCCC1. The molecule has 1 amide bonds. The van der Waals surface area contributed by atoms with Crippen LogP contribution in [0, 0.1) is 0 Å². The van der Waals surface area contributed by atoms with Crippen molar-refractivity contribution >= 4 is 44.8 Å². The number of hydrogen-bond donors (Lipinski definition) is 0. The first kappa shape index (κ1) is 18.4. The Hall–Kier alpha value is -1.01. The third kappa shape index (κ3) is 4.11. The van der Waals surface area contributed by atoms with Crippen molar-refractivity contribution in [3.63, 3.8) is 0 Å². The van der Waals surface area contributed by atoms with Gasteiger partial charge in [-0.05, 0) is 65.5 Å². The normalized spacial score (nSPS) is 26.3. The number of carbonyl (C=O) groups is 1. The topological polar surface area (TPSA) is 45.8 Å². The van der Waals surface area contributed by atoms with Crippen LogP contribution in [0.5, 0.6) is 0 Å². The summed E-state index contributed by atoms with van der Waals surface area (Å²) in [6, 6.07) is 4.42. The third-order valence-electron chi connectivity index (χ3n) is 5.51. The van der Waals surface area contributed by atoms with Gasteiger partial charge in [0.05, 0.1) is 10.9 Å². The molecule has 6 heteroatoms. The average Bonchev–Trinajstić information content (AvgIpc) is 3.20. The Bertz CT molecular complexity index is 715. The third-order valence-corrected chi connectivity index (χ3v) is 6.94. The molecule has 3 fully saturated rings. The van der Waals surface area contributed by atoms with Crippen molar-refractivity contribution in [2.75, 3.05) is 0 Å². The fourth-order valence-electron chi connectivity index (χ4n) is 4.14. The number of carbonyl (C=O) groups excluding carboxylic acids is 1. The minimum atomic E-state index is 0.101. The highest BCUT2D eigenvalue weighted by atomic mass is 79.9. The molecule has 2 saturated carbocycles. The van der Waals surface area contributed by atoms with Crippen LogP contribution in [0.4, 0.5) is 0 Å². The zero-order valence-corrected chi connectivity index (χ0v) is 17.4. The molecule has 0 aromatic carbocycles. The lowest BCUT2D eigenvalue weighted by Gasteiger charge is -2.31. The van der Waals surface area contributed by atoms with Crippen LogP contribution >= 0.6 is 27.7 Å². The molecular formula is C20H25BrN2O2S. The van der Waals surface area contributed by atoms with Gasteiger partial charge in [0.25, 0.3) is 5.91 Å². The minimum Gasteiger partial charge on any atom is -0.450 e. The molecule has 4 nitrogen and oxygen atoms in total. The number of hydrogen-bond acceptors (Lipinski definition) is 4. The van der Waals surface area contributed by atoms with Gasteiger partial charge < -0.3 is 4.42 Å². The van der Waals surface area contributed by atoms with E-state index in [0.29, 0.717) is 22.5 Å². The van der Waals surface area contributed by atoms with Crippen LogP contribution < -0.4 is 0 Å². The molecule has 1 aliphatic heterocycles. The molecule has 140 valence electrons. The first-order valence-corrected chi connectivity index (χ1v) is 11.4. The van der Waals surface area contributed by atoms with Crippen molar-refractivity contribution in [2.45, 2.75) is 76.3 Å². The molecule has 0 N–H and O–H groups in total. The van der Waals surface area contributed by atoms with Gasteiger partial charge in [0, 0.05) is 12.1 Å². The summed E-state index contributed by atoms with van der Waals surface area (Å²) in [7, 11) is 0. The number of halogens is 1. The van der Waals surface area contributed by atoms with Gasteiger partial charge in [-0.3, -0.25) is 14.7 Å². The van der Waals surface area contributed by atoms with E-state index in [-0.39, 0.29) is 5.91 Å². The largest absolute Gasteiger partial charge is 0.450 e. The van der Waals surface area contributed by atoms with Crippen molar-refractivity contribution in [2.24, 2.45) is 4.99 Å². The van der Waals surface area contributed by atoms with E-state index >= 15 is 0 Å². The van der Waals surface area contributed by atoms with Crippen molar-refractivity contribution < 1.29 is 9.21 Å². The van der Waals surface area contributed by atoms with Crippen molar-refractivity contribution in [1.82, 2.24) is 4.90 Å². The van der Waals surface area contributed by atoms with E-state index in [1.165, 1.54) is 50.3 Å². The van der Waals surface area contributed by atoms with Crippen molar-refractivity contribution in [3.05, 3.63) is 27.5 Å². The zero-order chi connectivity index (χ0) is 17.9. The highest BCUT2D eigenvalue weighted by Crippen LogP contribution is 2.38. The molecular weight excluding hydrogens is 412 g/mol. The summed E-state index contributed by atoms with van der Waals surface area (Å²) in [5.41, 5.74) is 0. The van der Waals surface area contributed by atoms with Gasteiger partial charge in [-0.15, -0.1) is 0 Å². The average molecular weight is 437 g/mol. The fraction of sp³-hybridized carbons (Fsp3) is 0.600. The second-order valence-electron chi connectivity index (χ2n) is 7.42. The minimum absolute atomic E-state index is 0.101. The molecule has 1 saturated heterocycles. The molecule has 1 aromatic rings. The first-order chi connectivity index (χ1) is 12.7. The van der Waals surface area contributed by atoms with Crippen LogP contribution in [0.3, 0.4) is 0 Å². The highest BCUT2D eigenvalue weighted by molar-refractivity contribution is 9.10. The summed E-state index contributed by atoms with van der Waals surface area (Å²) in [5, 5.41) is 0.922. The van der Waals surface area contributed by atoms with Gasteiger partial charge >= 0.3 is 0 Å². The Morgan fingerprint density at radius 3 is 2.42 bits per heavy atom. The number of amidine groups is 1. The van der Waals surface area contributed by atoms with Gasteiger partial charge in [0.2, 0.25) is 0 Å². The summed E-state index contributed by atoms with van der Waals surface area (Å²) >= 11 is 4.86. The fourth-order valence-corrected chi connectivity index (χ4v) is 5.55. The van der Waals surface area contributed by atoms with Gasteiger partial charge in [0.1, 0.15) is 5.76 Å². The monoisotopic (exact) mass is 436 g/mol. The van der Waals surface area contributed by atoms with Crippen LogP contribution in [-0.2, 0) is 4.79 Å². The van der Waals surface area contributed by atoms with E-state index in [2.05, 4.69) is 15.9 Å². The predicted octanol–water partition coefficient (Wildman–Crippen LogP) is 5.98. The molecule has 0 atom stereocenters. The number of rotatable bonds is 3. The number of furan rings is 1. The quantitative estimate of drug-likeness (QED) is 0.547. The van der Waals surface area contributed by atoms with Crippen molar-refractivity contribution in [3.8, 4) is 0 Å². The molecule has 26 heavy (non-hydrogen) atoms. The number of nitrogens with zero attached hydrogens (tertiary/aromatic N) is 2. The van der Waals surface area contributed by atoms with E-state index in [4.69, 9.17) is 9.41 Å². The van der Waals surface area contributed by atoms with Crippen LogP contribution in [0.25, 0.3) is 6.08 Å². The van der Waals surface area contributed by atoms with Crippen LogP contribution in [-0.4, -0.2) is 28.1 Å². The van der Waals surface area contributed by atoms with E-state index in [9.17, 15) is 4.79 Å². The van der Waals surface area contributed by atoms with Gasteiger partial charge in [-0.2, -0.15) is 0 Å². The first-order valence-electron chi connectivity index (χ1n) is 9.77. The Kier molecular flexibility index (Phi) is 5.89. The lowest BCUT2D eigenvalue weighted by Crippen LogP contribution is -2.41. The predicted molar refractivity (Wildman–Crippen MR) is 110 cm³/mol. The summed E-state index contributed by atoms with van der Waals surface area (Å²) in [4.78, 5) is 20.9. The maximum absolute atomic E-state index is 13.2. The van der Waals surface area contributed by atoms with Gasteiger partial charge in [-0.25, -0.2) is 0 Å². The smallest absolute Gasteiger partial charge is 0.267 e. The van der Waals surface area contributed by atoms with Gasteiger partial charge in [0.15, 0.2) is 9.84 Å². The second kappa shape index (κ2) is 8.34. The molecule has 1 aromatic heterocycles. The molecule has 4 rings (SSSR count). The lowest BCUT2D eigenvalue weighted by atomic mass is 9.94. The Balaban J connectivity index is 1.61. The molecule has 0 spiro atoms. The summed E-state index contributed by atoms with van der Waals surface area (Å²) < 4.78 is 6.26. The molecule has 3 aliphatic rings. The molecule has 0 radical (unpaired) electrons. The summed E-state index contributed by atoms with van der Waals surface area (Å²) in [5.74, 6) is 0.805. The highest BCUT2D eigenvalue weighted by Gasteiger charge is 2.39. The maximum Gasteiger partial charge on any atom is 0.267 e. The van der Waals surface area contributed by atoms with Crippen molar-refractivity contribution in [1.29, 1.82) is 0 Å². The number of thioether (sulfide) groups is 1. The lowest BCUT2D eigenvalue weighted by molar-refractivity contribution is -0.124. The maximum atomic E-state index is 13.2. The molecule has 0 bridgehead atoms. The van der Waals surface area contributed by atoms with E-state index in [1.807, 2.05) is 23.1 Å². The second-order valence-corrected chi connectivity index (χ2v) is 9.21. The van der Waals surface area contributed by atoms with Gasteiger partial charge in [-0.1, -0.05) is 38.5 Å². The summed E-state index contributed by atoms with van der Waals surface area (Å²) in [6.45, 7) is 0. The van der Waals surface area contributed by atoms with Crippen LogP contribution in [0.2, 0.25) is 0 Å². The Labute approximate surface area is 167 Å². The Morgan fingerprint density at radius 2 is 1.77 bits per heavy atom. The molecule has 2 aliphatic carbocycles. The van der Waals surface area contributed by atoms with E-state index in [0.717, 1.165) is 35.8 Å². The number of amides is 1. The van der Waals surface area contributed by atoms with E-state index < -0.39 is 0 Å². The standard InChI is InChI=1S/C20H25BrN2O2S/c21-18-12-11-16(25-18)13-17-19(24)23(15-9-5-2-6-10-15)20(26-17)22-14-7-3-1-4-8-14/h11-15H,1-10H2.